The number of rotatable bonds is 4. The van der Waals surface area contributed by atoms with Crippen LogP contribution in [0.2, 0.25) is 0 Å². The number of halogens is 3. The molecule has 0 atom stereocenters. The van der Waals surface area contributed by atoms with Gasteiger partial charge in [-0.15, -0.1) is 0 Å². The Kier molecular flexibility index (Phi) is 3.30. The number of nitrogen functional groups attached to an aromatic ring is 1. The van der Waals surface area contributed by atoms with E-state index in [1.807, 2.05) is 0 Å². The number of primary amides is 1. The topological polar surface area (TPSA) is 72.3 Å². The summed E-state index contributed by atoms with van der Waals surface area (Å²) in [5.41, 5.74) is 11.3. The Morgan fingerprint density at radius 1 is 1.37 bits per heavy atom. The van der Waals surface area contributed by atoms with Gasteiger partial charge in [0.25, 0.3) is 5.91 Å². The van der Waals surface area contributed by atoms with Crippen molar-refractivity contribution in [2.45, 2.75) is 25.1 Å². The third kappa shape index (κ3) is 3.30. The number of amides is 1. The van der Waals surface area contributed by atoms with Gasteiger partial charge in [0.1, 0.15) is 6.54 Å². The lowest BCUT2D eigenvalue weighted by atomic mass is 10.1. The molecule has 1 fully saturated rings. The average molecular weight is 273 g/mol. The number of hydrogen-bond donors (Lipinski definition) is 2. The Morgan fingerprint density at radius 2 is 2.00 bits per heavy atom. The molecule has 0 radical (unpaired) electrons. The zero-order valence-electron chi connectivity index (χ0n) is 10.1. The van der Waals surface area contributed by atoms with Gasteiger partial charge in [-0.1, -0.05) is 0 Å². The van der Waals surface area contributed by atoms with Crippen molar-refractivity contribution in [2.24, 2.45) is 5.73 Å². The number of carbonyl (C=O) groups excluding carboxylic acids is 1. The molecule has 4 nitrogen and oxygen atoms in total. The molecule has 0 heterocycles. The van der Waals surface area contributed by atoms with Gasteiger partial charge in [-0.25, -0.2) is 0 Å². The predicted octanol–water partition coefficient (Wildman–Crippen LogP) is 1.90. The first-order chi connectivity index (χ1) is 8.78. The number of carbonyl (C=O) groups is 1. The van der Waals surface area contributed by atoms with Gasteiger partial charge < -0.3 is 16.4 Å². The van der Waals surface area contributed by atoms with Crippen LogP contribution < -0.4 is 16.4 Å². The van der Waals surface area contributed by atoms with Crippen molar-refractivity contribution in [3.8, 4) is 0 Å². The molecule has 1 aromatic carbocycles. The van der Waals surface area contributed by atoms with E-state index in [2.05, 4.69) is 0 Å². The molecule has 1 amide bonds. The molecule has 1 aliphatic rings. The first-order valence-corrected chi connectivity index (χ1v) is 5.80. The average Bonchev–Trinajstić information content (AvgIpc) is 3.07. The number of anilines is 2. The Bertz CT molecular complexity index is 497. The van der Waals surface area contributed by atoms with Gasteiger partial charge in [0.15, 0.2) is 0 Å². The molecule has 0 aromatic heterocycles. The number of benzene rings is 1. The number of nitrogens with zero attached hydrogens (tertiary/aromatic N) is 1. The molecule has 1 saturated carbocycles. The van der Waals surface area contributed by atoms with Crippen LogP contribution in [0.3, 0.4) is 0 Å². The highest BCUT2D eigenvalue weighted by Gasteiger charge is 2.39. The van der Waals surface area contributed by atoms with E-state index in [9.17, 15) is 18.0 Å². The van der Waals surface area contributed by atoms with Gasteiger partial charge in [0.2, 0.25) is 0 Å². The highest BCUT2D eigenvalue weighted by Crippen LogP contribution is 2.36. The highest BCUT2D eigenvalue weighted by atomic mass is 19.4. The minimum absolute atomic E-state index is 0.0605. The van der Waals surface area contributed by atoms with E-state index in [0.29, 0.717) is 18.5 Å². The summed E-state index contributed by atoms with van der Waals surface area (Å²) in [7, 11) is 0. The lowest BCUT2D eigenvalue weighted by molar-refractivity contribution is -0.120. The number of nitrogens with two attached hydrogens (primary N) is 2. The molecule has 0 bridgehead atoms. The van der Waals surface area contributed by atoms with Crippen LogP contribution in [0.5, 0.6) is 0 Å². The Hall–Kier alpha value is -1.92. The predicted molar refractivity (Wildman–Crippen MR) is 65.8 cm³/mol. The zero-order chi connectivity index (χ0) is 14.2. The van der Waals surface area contributed by atoms with E-state index in [1.165, 1.54) is 18.2 Å². The van der Waals surface area contributed by atoms with E-state index < -0.39 is 18.6 Å². The fourth-order valence-corrected chi connectivity index (χ4v) is 1.98. The van der Waals surface area contributed by atoms with Crippen molar-refractivity contribution in [1.29, 1.82) is 0 Å². The van der Waals surface area contributed by atoms with E-state index in [1.54, 1.807) is 0 Å². The second kappa shape index (κ2) is 4.64. The standard InChI is InChI=1S/C12H14F3N3O/c13-12(14,15)6-18(8-2-3-8)10-5-7(16)1-4-9(10)11(17)19/h1,4-5,8H,2-3,6,16H2,(H2,17,19). The van der Waals surface area contributed by atoms with Crippen LogP contribution in [0.15, 0.2) is 18.2 Å². The Morgan fingerprint density at radius 3 is 2.47 bits per heavy atom. The van der Waals surface area contributed by atoms with Crippen LogP contribution >= 0.6 is 0 Å². The maximum absolute atomic E-state index is 12.6. The second-order valence-electron chi connectivity index (χ2n) is 4.62. The van der Waals surface area contributed by atoms with Crippen LogP contribution in [0, 0.1) is 0 Å². The molecule has 7 heteroatoms. The maximum atomic E-state index is 12.6. The molecule has 0 unspecified atom stereocenters. The van der Waals surface area contributed by atoms with Gasteiger partial charge in [0, 0.05) is 11.7 Å². The third-order valence-corrected chi connectivity index (χ3v) is 2.93. The van der Waals surface area contributed by atoms with Crippen LogP contribution in [0.4, 0.5) is 24.5 Å². The van der Waals surface area contributed by atoms with Crippen molar-refractivity contribution in [3.05, 3.63) is 23.8 Å². The molecule has 1 aliphatic carbocycles. The summed E-state index contributed by atoms with van der Waals surface area (Å²) in [4.78, 5) is 12.5. The van der Waals surface area contributed by atoms with E-state index in [0.717, 1.165) is 4.90 Å². The van der Waals surface area contributed by atoms with Crippen molar-refractivity contribution >= 4 is 17.3 Å². The van der Waals surface area contributed by atoms with Gasteiger partial charge >= 0.3 is 6.18 Å². The summed E-state index contributed by atoms with van der Waals surface area (Å²) >= 11 is 0. The van der Waals surface area contributed by atoms with E-state index in [-0.39, 0.29) is 17.3 Å². The summed E-state index contributed by atoms with van der Waals surface area (Å²) in [5.74, 6) is -0.761. The zero-order valence-corrected chi connectivity index (χ0v) is 10.1. The van der Waals surface area contributed by atoms with E-state index in [4.69, 9.17) is 11.5 Å². The lowest BCUT2D eigenvalue weighted by Gasteiger charge is -2.27. The van der Waals surface area contributed by atoms with Gasteiger partial charge in [0.05, 0.1) is 11.3 Å². The van der Waals surface area contributed by atoms with Gasteiger partial charge in [-0.3, -0.25) is 4.79 Å². The quantitative estimate of drug-likeness (QED) is 0.823. The molecule has 4 N–H and O–H groups in total. The highest BCUT2D eigenvalue weighted by molar-refractivity contribution is 5.99. The van der Waals surface area contributed by atoms with Crippen molar-refractivity contribution in [3.63, 3.8) is 0 Å². The molecule has 1 aromatic rings. The maximum Gasteiger partial charge on any atom is 0.405 e. The first-order valence-electron chi connectivity index (χ1n) is 5.80. The van der Waals surface area contributed by atoms with Gasteiger partial charge in [-0.2, -0.15) is 13.2 Å². The summed E-state index contributed by atoms with van der Waals surface area (Å²) in [5, 5.41) is 0. The Labute approximate surface area is 108 Å². The monoisotopic (exact) mass is 273 g/mol. The SMILES string of the molecule is NC(=O)c1ccc(N)cc1N(CC(F)(F)F)C1CC1. The van der Waals surface area contributed by atoms with Crippen molar-refractivity contribution < 1.29 is 18.0 Å². The minimum atomic E-state index is -4.35. The van der Waals surface area contributed by atoms with Crippen molar-refractivity contribution in [2.75, 3.05) is 17.2 Å². The molecule has 104 valence electrons. The van der Waals surface area contributed by atoms with Crippen molar-refractivity contribution in [1.82, 2.24) is 0 Å². The van der Waals surface area contributed by atoms with Crippen LogP contribution in [-0.2, 0) is 0 Å². The summed E-state index contributed by atoms with van der Waals surface area (Å²) in [6.07, 6.45) is -3.01. The van der Waals surface area contributed by atoms with Crippen LogP contribution in [-0.4, -0.2) is 24.7 Å². The first kappa shape index (κ1) is 13.5. The molecule has 0 aliphatic heterocycles. The Balaban J connectivity index is 2.40. The van der Waals surface area contributed by atoms with Crippen LogP contribution in [0.25, 0.3) is 0 Å². The smallest absolute Gasteiger partial charge is 0.399 e. The van der Waals surface area contributed by atoms with Gasteiger partial charge in [-0.05, 0) is 31.0 Å². The molecular formula is C12H14F3N3O. The largest absolute Gasteiger partial charge is 0.405 e. The summed E-state index contributed by atoms with van der Waals surface area (Å²) < 4.78 is 37.9. The molecular weight excluding hydrogens is 259 g/mol. The molecule has 0 spiro atoms. The summed E-state index contributed by atoms with van der Waals surface area (Å²) in [6.45, 7) is -1.11. The number of alkyl halides is 3. The fraction of sp³-hybridized carbons (Fsp3) is 0.417. The number of hydrogen-bond acceptors (Lipinski definition) is 3. The minimum Gasteiger partial charge on any atom is -0.399 e. The van der Waals surface area contributed by atoms with E-state index >= 15 is 0 Å². The lowest BCUT2D eigenvalue weighted by Crippen LogP contribution is -2.37. The summed E-state index contributed by atoms with van der Waals surface area (Å²) in [6, 6.07) is 3.96. The van der Waals surface area contributed by atoms with Crippen LogP contribution in [0.1, 0.15) is 23.2 Å². The molecule has 0 saturated heterocycles. The third-order valence-electron chi connectivity index (χ3n) is 2.93. The fourth-order valence-electron chi connectivity index (χ4n) is 1.98. The normalized spacial score (nSPS) is 15.3. The molecule has 2 rings (SSSR count). The second-order valence-corrected chi connectivity index (χ2v) is 4.62. The molecule has 19 heavy (non-hydrogen) atoms.